The molecule has 78 valence electrons. The van der Waals surface area contributed by atoms with E-state index in [0.29, 0.717) is 6.04 Å². The Morgan fingerprint density at radius 1 is 1.38 bits per heavy atom. The third-order valence-corrected chi connectivity index (χ3v) is 2.74. The first-order valence-corrected chi connectivity index (χ1v) is 5.34. The number of hydrogen-bond acceptors (Lipinski definition) is 2. The molecule has 0 radical (unpaired) electrons. The van der Waals surface area contributed by atoms with Crippen molar-refractivity contribution in [2.24, 2.45) is 0 Å². The Hall–Kier alpha value is -0.120. The SMILES string of the molecule is CCNC1CCCN([N+](C)(C)C)C1. The molecule has 13 heavy (non-hydrogen) atoms. The van der Waals surface area contributed by atoms with Gasteiger partial charge < -0.3 is 5.32 Å². The normalized spacial score (nSPS) is 26.3. The smallest absolute Gasteiger partial charge is 0.0855 e. The summed E-state index contributed by atoms with van der Waals surface area (Å²) >= 11 is 0. The van der Waals surface area contributed by atoms with Crippen LogP contribution in [0.3, 0.4) is 0 Å². The molecule has 1 N–H and O–H groups in total. The van der Waals surface area contributed by atoms with E-state index in [1.807, 2.05) is 0 Å². The molecule has 0 aromatic rings. The van der Waals surface area contributed by atoms with Crippen LogP contribution in [0.2, 0.25) is 0 Å². The quantitative estimate of drug-likeness (QED) is 0.652. The van der Waals surface area contributed by atoms with Crippen LogP contribution < -0.4 is 5.32 Å². The van der Waals surface area contributed by atoms with Gasteiger partial charge in [0.2, 0.25) is 0 Å². The van der Waals surface area contributed by atoms with E-state index in [4.69, 9.17) is 0 Å². The monoisotopic (exact) mass is 186 g/mol. The maximum atomic E-state index is 3.53. The summed E-state index contributed by atoms with van der Waals surface area (Å²) in [6.07, 6.45) is 2.66. The summed E-state index contributed by atoms with van der Waals surface area (Å²) < 4.78 is 0.960. The van der Waals surface area contributed by atoms with Crippen molar-refractivity contribution in [3.8, 4) is 0 Å². The summed E-state index contributed by atoms with van der Waals surface area (Å²) in [5.74, 6) is 0. The minimum absolute atomic E-state index is 0.705. The van der Waals surface area contributed by atoms with E-state index >= 15 is 0 Å². The Labute approximate surface area is 82.3 Å². The largest absolute Gasteiger partial charge is 0.313 e. The van der Waals surface area contributed by atoms with Crippen LogP contribution in [0.15, 0.2) is 0 Å². The van der Waals surface area contributed by atoms with Crippen LogP contribution in [0.4, 0.5) is 0 Å². The fourth-order valence-corrected chi connectivity index (χ4v) is 1.96. The van der Waals surface area contributed by atoms with Crippen molar-refractivity contribution in [3.63, 3.8) is 0 Å². The van der Waals surface area contributed by atoms with Gasteiger partial charge in [-0.05, 0) is 19.4 Å². The van der Waals surface area contributed by atoms with Gasteiger partial charge in [0, 0.05) is 12.6 Å². The van der Waals surface area contributed by atoms with Crippen molar-refractivity contribution in [2.75, 3.05) is 40.8 Å². The minimum atomic E-state index is 0.705. The Morgan fingerprint density at radius 3 is 2.62 bits per heavy atom. The topological polar surface area (TPSA) is 15.3 Å². The fraction of sp³-hybridized carbons (Fsp3) is 1.00. The van der Waals surface area contributed by atoms with E-state index in [2.05, 4.69) is 38.4 Å². The molecule has 0 bridgehead atoms. The van der Waals surface area contributed by atoms with E-state index in [1.165, 1.54) is 25.9 Å². The number of nitrogens with zero attached hydrogens (tertiary/aromatic N) is 2. The van der Waals surface area contributed by atoms with Crippen molar-refractivity contribution in [1.82, 2.24) is 10.3 Å². The van der Waals surface area contributed by atoms with Crippen molar-refractivity contribution in [2.45, 2.75) is 25.8 Å². The van der Waals surface area contributed by atoms with Crippen LogP contribution >= 0.6 is 0 Å². The second kappa shape index (κ2) is 4.40. The Bertz CT molecular complexity index is 149. The van der Waals surface area contributed by atoms with Gasteiger partial charge in [0.25, 0.3) is 0 Å². The van der Waals surface area contributed by atoms with Crippen molar-refractivity contribution < 1.29 is 4.59 Å². The Morgan fingerprint density at radius 2 is 2.08 bits per heavy atom. The maximum absolute atomic E-state index is 3.53. The molecule has 0 amide bonds. The number of piperidine rings is 1. The van der Waals surface area contributed by atoms with Gasteiger partial charge in [-0.2, -0.15) is 5.01 Å². The maximum Gasteiger partial charge on any atom is 0.0855 e. The van der Waals surface area contributed by atoms with Crippen LogP contribution in [0.1, 0.15) is 19.8 Å². The first kappa shape index (κ1) is 11.0. The van der Waals surface area contributed by atoms with Gasteiger partial charge in [0.05, 0.1) is 27.7 Å². The number of nitrogens with one attached hydrogen (secondary N) is 1. The second-order valence-electron chi connectivity index (χ2n) is 4.75. The van der Waals surface area contributed by atoms with Crippen molar-refractivity contribution in [3.05, 3.63) is 0 Å². The predicted molar refractivity (Wildman–Crippen MR) is 56.3 cm³/mol. The van der Waals surface area contributed by atoms with Crippen LogP contribution in [0.5, 0.6) is 0 Å². The molecule has 1 saturated heterocycles. The summed E-state index contributed by atoms with van der Waals surface area (Å²) in [6.45, 7) is 5.71. The lowest BCUT2D eigenvalue weighted by Crippen LogP contribution is -2.58. The fourth-order valence-electron chi connectivity index (χ4n) is 1.96. The van der Waals surface area contributed by atoms with E-state index in [-0.39, 0.29) is 0 Å². The van der Waals surface area contributed by atoms with Crippen LogP contribution in [0.25, 0.3) is 0 Å². The van der Waals surface area contributed by atoms with Gasteiger partial charge in [0.15, 0.2) is 0 Å². The van der Waals surface area contributed by atoms with E-state index in [9.17, 15) is 0 Å². The number of quaternary nitrogens is 1. The Kier molecular flexibility index (Phi) is 3.71. The van der Waals surface area contributed by atoms with E-state index in [0.717, 1.165) is 11.1 Å². The predicted octanol–water partition coefficient (Wildman–Crippen LogP) is 0.682. The van der Waals surface area contributed by atoms with E-state index in [1.54, 1.807) is 0 Å². The lowest BCUT2D eigenvalue weighted by atomic mass is 10.1. The van der Waals surface area contributed by atoms with Gasteiger partial charge in [-0.15, -0.1) is 0 Å². The van der Waals surface area contributed by atoms with Gasteiger partial charge in [-0.3, -0.25) is 4.59 Å². The number of hydrogen-bond donors (Lipinski definition) is 1. The third kappa shape index (κ3) is 3.25. The number of likely N-dealkylation sites (N-methyl/N-ethyl adjacent to an activating group) is 1. The van der Waals surface area contributed by atoms with Gasteiger partial charge >= 0.3 is 0 Å². The van der Waals surface area contributed by atoms with Crippen LogP contribution in [0, 0.1) is 0 Å². The van der Waals surface area contributed by atoms with Crippen LogP contribution in [-0.2, 0) is 0 Å². The van der Waals surface area contributed by atoms with Gasteiger partial charge in [-0.25, -0.2) is 0 Å². The molecule has 1 aliphatic rings. The zero-order valence-electron chi connectivity index (χ0n) is 9.51. The highest BCUT2D eigenvalue weighted by molar-refractivity contribution is 4.73. The first-order chi connectivity index (χ1) is 6.04. The Balaban J connectivity index is 2.42. The molecule has 3 heteroatoms. The molecule has 1 fully saturated rings. The zero-order chi connectivity index (χ0) is 9.90. The zero-order valence-corrected chi connectivity index (χ0v) is 9.51. The van der Waals surface area contributed by atoms with Gasteiger partial charge in [-0.1, -0.05) is 6.92 Å². The molecule has 1 unspecified atom stereocenters. The molecule has 3 nitrogen and oxygen atoms in total. The summed E-state index contributed by atoms with van der Waals surface area (Å²) in [4.78, 5) is 0. The van der Waals surface area contributed by atoms with E-state index < -0.39 is 0 Å². The summed E-state index contributed by atoms with van der Waals surface area (Å²) in [6, 6.07) is 0.705. The average molecular weight is 186 g/mol. The standard InChI is InChI=1S/C10H24N3/c1-5-11-10-7-6-8-12(9-10)13(2,3)4/h10-11H,5-9H2,1-4H3/q+1. The lowest BCUT2D eigenvalue weighted by molar-refractivity contribution is -0.987. The molecule has 0 aromatic carbocycles. The highest BCUT2D eigenvalue weighted by Crippen LogP contribution is 2.13. The summed E-state index contributed by atoms with van der Waals surface area (Å²) in [5, 5.41) is 6.06. The van der Waals surface area contributed by atoms with Gasteiger partial charge in [0.1, 0.15) is 0 Å². The third-order valence-electron chi connectivity index (χ3n) is 2.74. The minimum Gasteiger partial charge on any atom is -0.313 e. The lowest BCUT2D eigenvalue weighted by Gasteiger charge is -2.41. The molecule has 0 aliphatic carbocycles. The number of rotatable bonds is 3. The first-order valence-electron chi connectivity index (χ1n) is 5.34. The molecule has 0 spiro atoms. The highest BCUT2D eigenvalue weighted by atomic mass is 15.7. The molecular formula is C10H24N3+. The highest BCUT2D eigenvalue weighted by Gasteiger charge is 2.27. The molecule has 0 saturated carbocycles. The second-order valence-corrected chi connectivity index (χ2v) is 4.75. The molecular weight excluding hydrogens is 162 g/mol. The van der Waals surface area contributed by atoms with Crippen LogP contribution in [-0.4, -0.2) is 56.4 Å². The molecule has 1 heterocycles. The molecule has 1 aliphatic heterocycles. The summed E-state index contributed by atoms with van der Waals surface area (Å²) in [5.41, 5.74) is 0. The van der Waals surface area contributed by atoms with Crippen molar-refractivity contribution >= 4 is 0 Å². The average Bonchev–Trinajstić information content (AvgIpc) is 2.04. The molecule has 1 atom stereocenters. The summed E-state index contributed by atoms with van der Waals surface area (Å²) in [7, 11) is 6.73. The van der Waals surface area contributed by atoms with Crippen molar-refractivity contribution in [1.29, 1.82) is 0 Å². The molecule has 1 rings (SSSR count). The molecule has 0 aromatic heterocycles.